The Morgan fingerprint density at radius 3 is 2.71 bits per heavy atom. The number of nitrogens with one attached hydrogen (secondary N) is 1. The molecule has 0 spiro atoms. The molecule has 6 heteroatoms. The Hall–Kier alpha value is -2.26. The summed E-state index contributed by atoms with van der Waals surface area (Å²) in [5.74, 6) is 1.98. The summed E-state index contributed by atoms with van der Waals surface area (Å²) in [5.41, 5.74) is 0.288. The molecular weight excluding hydrogens is 268 g/mol. The lowest BCUT2D eigenvalue weighted by Crippen LogP contribution is -2.26. The Kier molecular flexibility index (Phi) is 4.66. The lowest BCUT2D eigenvalue weighted by molar-refractivity contribution is 0.268. The zero-order valence-electron chi connectivity index (χ0n) is 12.8. The van der Waals surface area contributed by atoms with E-state index in [1.165, 1.54) is 0 Å². The van der Waals surface area contributed by atoms with E-state index in [-0.39, 0.29) is 17.7 Å². The molecule has 0 saturated heterocycles. The molecule has 2 heterocycles. The van der Waals surface area contributed by atoms with E-state index in [1.54, 1.807) is 6.26 Å². The van der Waals surface area contributed by atoms with E-state index in [9.17, 15) is 0 Å². The molecule has 0 radical (unpaired) electrons. The predicted molar refractivity (Wildman–Crippen MR) is 78.9 cm³/mol. The number of anilines is 1. The van der Waals surface area contributed by atoms with Crippen molar-refractivity contribution in [2.45, 2.75) is 25.8 Å². The molecule has 2 rings (SSSR count). The van der Waals surface area contributed by atoms with E-state index in [0.717, 1.165) is 5.76 Å². The van der Waals surface area contributed by atoms with Gasteiger partial charge in [-0.1, -0.05) is 13.8 Å². The number of likely N-dealkylation sites (N-methyl/N-ethyl adjacent to an activating group) is 1. The highest BCUT2D eigenvalue weighted by Gasteiger charge is 2.20. The second-order valence-corrected chi connectivity index (χ2v) is 5.37. The first-order valence-electron chi connectivity index (χ1n) is 6.87. The van der Waals surface area contributed by atoms with Crippen molar-refractivity contribution in [2.75, 3.05) is 26.0 Å². The van der Waals surface area contributed by atoms with Crippen LogP contribution in [0.4, 0.5) is 5.88 Å². The number of furan rings is 1. The van der Waals surface area contributed by atoms with E-state index < -0.39 is 0 Å². The summed E-state index contributed by atoms with van der Waals surface area (Å²) in [5, 5.41) is 12.3. The highest BCUT2D eigenvalue weighted by atomic mass is 16.4. The standard InChI is InChI=1S/C15H20N4O2/c1-10(2)14-18-11(8-16)15(21-14)17-9-12(19(3)4)13-6-5-7-20-13/h5-7,10,12,17H,9H2,1-4H3/t12-/m0/s1. The van der Waals surface area contributed by atoms with Crippen molar-refractivity contribution >= 4 is 5.88 Å². The molecule has 1 N–H and O–H groups in total. The maximum absolute atomic E-state index is 9.13. The van der Waals surface area contributed by atoms with Crippen molar-refractivity contribution in [3.05, 3.63) is 35.7 Å². The van der Waals surface area contributed by atoms with E-state index in [1.807, 2.05) is 45.0 Å². The van der Waals surface area contributed by atoms with Crippen molar-refractivity contribution < 1.29 is 8.83 Å². The van der Waals surface area contributed by atoms with Crippen LogP contribution in [0.1, 0.15) is 43.2 Å². The topological polar surface area (TPSA) is 78.2 Å². The largest absolute Gasteiger partial charge is 0.468 e. The number of hydrogen-bond donors (Lipinski definition) is 1. The van der Waals surface area contributed by atoms with Gasteiger partial charge in [0.25, 0.3) is 0 Å². The minimum Gasteiger partial charge on any atom is -0.468 e. The van der Waals surface area contributed by atoms with Gasteiger partial charge in [-0.05, 0) is 26.2 Å². The molecule has 0 aliphatic heterocycles. The van der Waals surface area contributed by atoms with Crippen LogP contribution in [0.5, 0.6) is 0 Å². The minimum atomic E-state index is 0.0409. The first kappa shape index (κ1) is 15.1. The summed E-state index contributed by atoms with van der Waals surface area (Å²) in [6, 6.07) is 5.88. The summed E-state index contributed by atoms with van der Waals surface area (Å²) in [6.45, 7) is 4.51. The summed E-state index contributed by atoms with van der Waals surface area (Å²) < 4.78 is 11.1. The van der Waals surface area contributed by atoms with Gasteiger partial charge in [0, 0.05) is 12.5 Å². The Morgan fingerprint density at radius 1 is 1.43 bits per heavy atom. The molecule has 112 valence electrons. The van der Waals surface area contributed by atoms with Crippen molar-refractivity contribution in [3.63, 3.8) is 0 Å². The van der Waals surface area contributed by atoms with E-state index in [4.69, 9.17) is 14.1 Å². The van der Waals surface area contributed by atoms with Crippen LogP contribution in [0, 0.1) is 11.3 Å². The van der Waals surface area contributed by atoms with Gasteiger partial charge in [-0.2, -0.15) is 5.26 Å². The molecule has 0 aromatic carbocycles. The van der Waals surface area contributed by atoms with Gasteiger partial charge in [0.1, 0.15) is 11.8 Å². The van der Waals surface area contributed by atoms with Crippen LogP contribution in [-0.4, -0.2) is 30.5 Å². The van der Waals surface area contributed by atoms with E-state index >= 15 is 0 Å². The fourth-order valence-electron chi connectivity index (χ4n) is 1.99. The summed E-state index contributed by atoms with van der Waals surface area (Å²) in [7, 11) is 3.94. The summed E-state index contributed by atoms with van der Waals surface area (Å²) >= 11 is 0. The van der Waals surface area contributed by atoms with Gasteiger partial charge in [-0.3, -0.25) is 4.90 Å². The SMILES string of the molecule is CC(C)c1nc(C#N)c(NC[C@@H](c2ccco2)N(C)C)o1. The monoisotopic (exact) mass is 288 g/mol. The maximum Gasteiger partial charge on any atom is 0.232 e. The van der Waals surface area contributed by atoms with Crippen molar-refractivity contribution in [1.29, 1.82) is 5.26 Å². The molecule has 0 bridgehead atoms. The fourth-order valence-corrected chi connectivity index (χ4v) is 1.99. The van der Waals surface area contributed by atoms with Crippen molar-refractivity contribution in [1.82, 2.24) is 9.88 Å². The molecule has 0 saturated carbocycles. The normalized spacial score (nSPS) is 12.6. The quantitative estimate of drug-likeness (QED) is 0.880. The maximum atomic E-state index is 9.13. The first-order chi connectivity index (χ1) is 10.0. The highest BCUT2D eigenvalue weighted by molar-refractivity contribution is 5.45. The third-order valence-corrected chi connectivity index (χ3v) is 3.19. The molecule has 0 aliphatic rings. The van der Waals surface area contributed by atoms with Gasteiger partial charge < -0.3 is 14.2 Å². The van der Waals surface area contributed by atoms with Crippen LogP contribution in [-0.2, 0) is 0 Å². The van der Waals surface area contributed by atoms with Crippen molar-refractivity contribution in [3.8, 4) is 6.07 Å². The summed E-state index contributed by atoms with van der Waals surface area (Å²) in [4.78, 5) is 6.23. The zero-order valence-corrected chi connectivity index (χ0v) is 12.8. The molecule has 6 nitrogen and oxygen atoms in total. The second-order valence-electron chi connectivity index (χ2n) is 5.37. The van der Waals surface area contributed by atoms with Crippen LogP contribution in [0.3, 0.4) is 0 Å². The van der Waals surface area contributed by atoms with Crippen LogP contribution < -0.4 is 5.32 Å². The minimum absolute atomic E-state index is 0.0409. The van der Waals surface area contributed by atoms with Gasteiger partial charge in [-0.25, -0.2) is 4.98 Å². The van der Waals surface area contributed by atoms with Gasteiger partial charge in [0.05, 0.1) is 12.3 Å². The van der Waals surface area contributed by atoms with Gasteiger partial charge in [0.2, 0.25) is 17.5 Å². The van der Waals surface area contributed by atoms with Crippen LogP contribution in [0.15, 0.2) is 27.2 Å². The molecular formula is C15H20N4O2. The van der Waals surface area contributed by atoms with Crippen LogP contribution >= 0.6 is 0 Å². The second kappa shape index (κ2) is 6.46. The molecule has 2 aromatic heterocycles. The molecule has 0 amide bonds. The highest BCUT2D eigenvalue weighted by Crippen LogP contribution is 2.24. The third-order valence-electron chi connectivity index (χ3n) is 3.19. The number of aromatic nitrogens is 1. The Bertz CT molecular complexity index is 608. The molecule has 21 heavy (non-hydrogen) atoms. The first-order valence-corrected chi connectivity index (χ1v) is 6.87. The molecule has 0 fully saturated rings. The zero-order chi connectivity index (χ0) is 15.4. The molecule has 1 atom stereocenters. The van der Waals surface area contributed by atoms with E-state index in [2.05, 4.69) is 16.4 Å². The molecule has 0 unspecified atom stereocenters. The lowest BCUT2D eigenvalue weighted by atomic mass is 10.2. The average Bonchev–Trinajstić information content (AvgIpc) is 3.07. The predicted octanol–water partition coefficient (Wildman–Crippen LogP) is 2.98. The molecule has 2 aromatic rings. The van der Waals surface area contributed by atoms with Gasteiger partial charge in [0.15, 0.2) is 0 Å². The molecule has 0 aliphatic carbocycles. The number of nitriles is 1. The summed E-state index contributed by atoms with van der Waals surface area (Å²) in [6.07, 6.45) is 1.65. The lowest BCUT2D eigenvalue weighted by Gasteiger charge is -2.22. The number of nitrogens with zero attached hydrogens (tertiary/aromatic N) is 3. The van der Waals surface area contributed by atoms with E-state index in [0.29, 0.717) is 18.3 Å². The Labute approximate surface area is 124 Å². The third kappa shape index (κ3) is 3.44. The number of rotatable bonds is 6. The number of oxazole rings is 1. The average molecular weight is 288 g/mol. The van der Waals surface area contributed by atoms with Crippen LogP contribution in [0.2, 0.25) is 0 Å². The van der Waals surface area contributed by atoms with Gasteiger partial charge >= 0.3 is 0 Å². The van der Waals surface area contributed by atoms with Crippen molar-refractivity contribution in [2.24, 2.45) is 0 Å². The number of hydrogen-bond acceptors (Lipinski definition) is 6. The smallest absolute Gasteiger partial charge is 0.232 e. The Balaban J connectivity index is 2.13. The fraction of sp³-hybridized carbons (Fsp3) is 0.467. The Morgan fingerprint density at radius 2 is 2.19 bits per heavy atom. The van der Waals surface area contributed by atoms with Gasteiger partial charge in [-0.15, -0.1) is 0 Å². The van der Waals surface area contributed by atoms with Crippen LogP contribution in [0.25, 0.3) is 0 Å².